The van der Waals surface area contributed by atoms with Crippen LogP contribution in [-0.2, 0) is 4.79 Å². The van der Waals surface area contributed by atoms with Gasteiger partial charge in [-0.25, -0.2) is 4.79 Å². The zero-order valence-electron chi connectivity index (χ0n) is 11.9. The second-order valence-electron chi connectivity index (χ2n) is 4.74. The van der Waals surface area contributed by atoms with Crippen LogP contribution in [0.3, 0.4) is 0 Å². The van der Waals surface area contributed by atoms with Gasteiger partial charge in [0.2, 0.25) is 5.91 Å². The summed E-state index contributed by atoms with van der Waals surface area (Å²) in [5.74, 6) is 0.996. The van der Waals surface area contributed by atoms with Crippen molar-refractivity contribution in [1.29, 1.82) is 0 Å². The van der Waals surface area contributed by atoms with Crippen molar-refractivity contribution < 1.29 is 19.1 Å². The van der Waals surface area contributed by atoms with E-state index in [0.29, 0.717) is 25.4 Å². The van der Waals surface area contributed by atoms with Crippen LogP contribution in [0, 0.1) is 0 Å². The molecule has 0 saturated carbocycles. The number of primary amides is 1. The number of amides is 3. The smallest absolute Gasteiger partial charge is 0.318 e. The number of carbonyl (C=O) groups is 2. The molecule has 0 bridgehead atoms. The molecule has 3 amide bonds. The zero-order chi connectivity index (χ0) is 15.2. The van der Waals surface area contributed by atoms with E-state index in [4.69, 9.17) is 15.2 Å². The molecule has 1 aliphatic heterocycles. The summed E-state index contributed by atoms with van der Waals surface area (Å²) in [5.41, 5.74) is 4.91. The Labute approximate surface area is 123 Å². The molecule has 7 nitrogen and oxygen atoms in total. The Morgan fingerprint density at radius 2 is 2.10 bits per heavy atom. The average Bonchev–Trinajstić information content (AvgIpc) is 2.45. The van der Waals surface area contributed by atoms with E-state index in [1.54, 1.807) is 0 Å². The summed E-state index contributed by atoms with van der Waals surface area (Å²) in [6, 6.07) is 6.61. The largest absolute Gasteiger partial charge is 0.486 e. The van der Waals surface area contributed by atoms with E-state index in [2.05, 4.69) is 0 Å². The van der Waals surface area contributed by atoms with Gasteiger partial charge in [0, 0.05) is 6.54 Å². The maximum Gasteiger partial charge on any atom is 0.318 e. The highest BCUT2D eigenvalue weighted by Crippen LogP contribution is 2.30. The fraction of sp³-hybridized carbons (Fsp3) is 0.429. The van der Waals surface area contributed by atoms with Crippen molar-refractivity contribution in [1.82, 2.24) is 10.2 Å². The third-order valence-corrected chi connectivity index (χ3v) is 3.11. The van der Waals surface area contributed by atoms with Crippen molar-refractivity contribution in [3.05, 3.63) is 24.3 Å². The number of fused-ring (bicyclic) bond motifs is 1. The number of imide groups is 1. The van der Waals surface area contributed by atoms with Crippen LogP contribution >= 0.6 is 0 Å². The molecule has 21 heavy (non-hydrogen) atoms. The number of nitrogens with one attached hydrogen (secondary N) is 1. The van der Waals surface area contributed by atoms with Crippen LogP contribution in [0.4, 0.5) is 4.79 Å². The standard InChI is InChI=1S/C14H19N3O4/c1-2-17(8-13(18)16-14(15)19)7-10-9-20-11-5-3-4-6-12(11)21-10/h3-6,10H,2,7-9H2,1H3,(H3,15,16,18,19)/t10-/m0/s1. The van der Waals surface area contributed by atoms with Gasteiger partial charge in [0.05, 0.1) is 6.54 Å². The van der Waals surface area contributed by atoms with Gasteiger partial charge in [0.25, 0.3) is 0 Å². The summed E-state index contributed by atoms with van der Waals surface area (Å²) in [6.45, 7) is 3.60. The summed E-state index contributed by atoms with van der Waals surface area (Å²) in [7, 11) is 0. The first-order valence-corrected chi connectivity index (χ1v) is 6.78. The second-order valence-corrected chi connectivity index (χ2v) is 4.74. The molecule has 0 aliphatic carbocycles. The molecule has 7 heteroatoms. The Hall–Kier alpha value is -2.28. The number of carbonyl (C=O) groups excluding carboxylic acids is 2. The molecule has 0 saturated heterocycles. The van der Waals surface area contributed by atoms with Crippen molar-refractivity contribution in [3.63, 3.8) is 0 Å². The highest BCUT2D eigenvalue weighted by atomic mass is 16.6. The van der Waals surface area contributed by atoms with Crippen molar-refractivity contribution in [2.45, 2.75) is 13.0 Å². The quantitative estimate of drug-likeness (QED) is 0.816. The molecular weight excluding hydrogens is 274 g/mol. The maximum absolute atomic E-state index is 11.5. The molecule has 0 radical (unpaired) electrons. The van der Waals surface area contributed by atoms with Crippen LogP contribution in [-0.4, -0.2) is 49.2 Å². The lowest BCUT2D eigenvalue weighted by atomic mass is 10.2. The van der Waals surface area contributed by atoms with E-state index in [1.165, 1.54) is 0 Å². The Kier molecular flexibility index (Phi) is 4.99. The van der Waals surface area contributed by atoms with Gasteiger partial charge < -0.3 is 15.2 Å². The summed E-state index contributed by atoms with van der Waals surface area (Å²) in [4.78, 5) is 24.0. The predicted molar refractivity (Wildman–Crippen MR) is 76.2 cm³/mol. The minimum atomic E-state index is -0.845. The number of urea groups is 1. The number of rotatable bonds is 5. The lowest BCUT2D eigenvalue weighted by Crippen LogP contribution is -2.46. The van der Waals surface area contributed by atoms with Crippen molar-refractivity contribution in [2.24, 2.45) is 5.73 Å². The zero-order valence-corrected chi connectivity index (χ0v) is 11.9. The number of hydrogen-bond acceptors (Lipinski definition) is 5. The number of hydrogen-bond donors (Lipinski definition) is 2. The Morgan fingerprint density at radius 3 is 2.76 bits per heavy atom. The van der Waals surface area contributed by atoms with Crippen molar-refractivity contribution >= 4 is 11.9 Å². The van der Waals surface area contributed by atoms with Crippen LogP contribution in [0.25, 0.3) is 0 Å². The third-order valence-electron chi connectivity index (χ3n) is 3.11. The van der Waals surface area contributed by atoms with E-state index in [-0.39, 0.29) is 12.6 Å². The Balaban J connectivity index is 1.88. The Morgan fingerprint density at radius 1 is 1.38 bits per heavy atom. The molecule has 114 valence electrons. The predicted octanol–water partition coefficient (Wildman–Crippen LogP) is 0.343. The average molecular weight is 293 g/mol. The number of nitrogens with two attached hydrogens (primary N) is 1. The fourth-order valence-electron chi connectivity index (χ4n) is 2.13. The first-order chi connectivity index (χ1) is 10.1. The van der Waals surface area contributed by atoms with Gasteiger partial charge in [0.15, 0.2) is 11.5 Å². The molecule has 1 aromatic rings. The van der Waals surface area contributed by atoms with Crippen LogP contribution < -0.4 is 20.5 Å². The first-order valence-electron chi connectivity index (χ1n) is 6.78. The fourth-order valence-corrected chi connectivity index (χ4v) is 2.13. The van der Waals surface area contributed by atoms with Gasteiger partial charge in [-0.15, -0.1) is 0 Å². The molecule has 1 atom stereocenters. The summed E-state index contributed by atoms with van der Waals surface area (Å²) in [6.07, 6.45) is -0.166. The second kappa shape index (κ2) is 6.94. The minimum absolute atomic E-state index is 0.0843. The number of para-hydroxylation sites is 2. The molecule has 0 unspecified atom stereocenters. The highest BCUT2D eigenvalue weighted by molar-refractivity contribution is 5.94. The lowest BCUT2D eigenvalue weighted by molar-refractivity contribution is -0.121. The molecule has 1 heterocycles. The van der Waals surface area contributed by atoms with Gasteiger partial charge in [0.1, 0.15) is 12.7 Å². The third kappa shape index (κ3) is 4.35. The minimum Gasteiger partial charge on any atom is -0.486 e. The van der Waals surface area contributed by atoms with Gasteiger partial charge in [-0.3, -0.25) is 15.0 Å². The summed E-state index contributed by atoms with van der Waals surface area (Å²) < 4.78 is 11.5. The topological polar surface area (TPSA) is 93.9 Å². The Bertz CT molecular complexity index is 521. The molecule has 0 fully saturated rings. The lowest BCUT2D eigenvalue weighted by Gasteiger charge is -2.30. The van der Waals surface area contributed by atoms with E-state index >= 15 is 0 Å². The van der Waals surface area contributed by atoms with E-state index in [1.807, 2.05) is 41.4 Å². The molecule has 2 rings (SSSR count). The van der Waals surface area contributed by atoms with Gasteiger partial charge in [-0.1, -0.05) is 19.1 Å². The number of likely N-dealkylation sites (N-methyl/N-ethyl adjacent to an activating group) is 1. The monoisotopic (exact) mass is 293 g/mol. The molecule has 3 N–H and O–H groups in total. The van der Waals surface area contributed by atoms with Crippen molar-refractivity contribution in [2.75, 3.05) is 26.2 Å². The van der Waals surface area contributed by atoms with Crippen LogP contribution in [0.5, 0.6) is 11.5 Å². The van der Waals surface area contributed by atoms with Crippen LogP contribution in [0.1, 0.15) is 6.92 Å². The van der Waals surface area contributed by atoms with E-state index in [9.17, 15) is 9.59 Å². The summed E-state index contributed by atoms with van der Waals surface area (Å²) >= 11 is 0. The molecule has 0 aromatic heterocycles. The molecule has 0 spiro atoms. The maximum atomic E-state index is 11.5. The van der Waals surface area contributed by atoms with Gasteiger partial charge in [-0.2, -0.15) is 0 Å². The number of nitrogens with zero attached hydrogens (tertiary/aromatic N) is 1. The summed E-state index contributed by atoms with van der Waals surface area (Å²) in [5, 5.41) is 2.05. The van der Waals surface area contributed by atoms with E-state index in [0.717, 1.165) is 5.75 Å². The SMILES string of the molecule is CCN(CC(=O)NC(N)=O)C[C@H]1COc2ccccc2O1. The van der Waals surface area contributed by atoms with E-state index < -0.39 is 11.9 Å². The van der Waals surface area contributed by atoms with Gasteiger partial charge >= 0.3 is 6.03 Å². The molecular formula is C14H19N3O4. The molecule has 1 aliphatic rings. The van der Waals surface area contributed by atoms with Crippen molar-refractivity contribution in [3.8, 4) is 11.5 Å². The van der Waals surface area contributed by atoms with Gasteiger partial charge in [-0.05, 0) is 18.7 Å². The number of benzene rings is 1. The van der Waals surface area contributed by atoms with Crippen LogP contribution in [0.2, 0.25) is 0 Å². The normalized spacial score (nSPS) is 16.6. The highest BCUT2D eigenvalue weighted by Gasteiger charge is 2.23. The first kappa shape index (κ1) is 15.1. The van der Waals surface area contributed by atoms with Crippen LogP contribution in [0.15, 0.2) is 24.3 Å². The number of ether oxygens (including phenoxy) is 2. The molecule has 1 aromatic carbocycles.